The number of methoxy groups -OCH3 is 1. The normalized spacial score (nSPS) is 15.1. The summed E-state index contributed by atoms with van der Waals surface area (Å²) in [6.45, 7) is 0.460. The van der Waals surface area contributed by atoms with Gasteiger partial charge in [-0.15, -0.1) is 11.8 Å². The lowest BCUT2D eigenvalue weighted by Gasteiger charge is -2.31. The van der Waals surface area contributed by atoms with Crippen LogP contribution in [0.25, 0.3) is 0 Å². The average Bonchev–Trinajstić information content (AvgIpc) is 2.87. The second-order valence-electron chi connectivity index (χ2n) is 9.05. The lowest BCUT2D eigenvalue weighted by Crippen LogP contribution is -2.39. The summed E-state index contributed by atoms with van der Waals surface area (Å²) in [4.78, 5) is 30.7. The Balaban J connectivity index is 1.62. The molecule has 2 aromatic carbocycles. The zero-order valence-electron chi connectivity index (χ0n) is 20.8. The highest BCUT2D eigenvalue weighted by atomic mass is 32.2. The van der Waals surface area contributed by atoms with E-state index in [1.807, 2.05) is 74.6 Å². The minimum Gasteiger partial charge on any atom is -0.497 e. The summed E-state index contributed by atoms with van der Waals surface area (Å²) < 4.78 is 5.36. The van der Waals surface area contributed by atoms with Crippen LogP contribution in [0.15, 0.2) is 53.4 Å². The van der Waals surface area contributed by atoms with Crippen molar-refractivity contribution in [2.24, 2.45) is 0 Å². The zero-order chi connectivity index (χ0) is 24.5. The molecule has 7 heteroatoms. The number of likely N-dealkylation sites (N-methyl/N-ethyl adjacent to an activating group) is 1. The van der Waals surface area contributed by atoms with Crippen molar-refractivity contribution in [3.05, 3.63) is 59.7 Å². The van der Waals surface area contributed by atoms with Crippen LogP contribution in [0, 0.1) is 0 Å². The van der Waals surface area contributed by atoms with E-state index in [4.69, 9.17) is 4.74 Å². The van der Waals surface area contributed by atoms with Crippen LogP contribution < -0.4 is 10.1 Å². The fourth-order valence-corrected chi connectivity index (χ4v) is 5.40. The number of nitrogens with one attached hydrogen (secondary N) is 1. The first-order valence-electron chi connectivity index (χ1n) is 12.0. The molecule has 1 atom stereocenters. The molecule has 34 heavy (non-hydrogen) atoms. The number of amides is 2. The van der Waals surface area contributed by atoms with Crippen molar-refractivity contribution in [2.45, 2.75) is 49.1 Å². The van der Waals surface area contributed by atoms with Crippen LogP contribution in [0.4, 0.5) is 0 Å². The maximum atomic E-state index is 13.1. The Hall–Kier alpha value is -2.51. The van der Waals surface area contributed by atoms with Gasteiger partial charge in [0.25, 0.3) is 5.91 Å². The highest BCUT2D eigenvalue weighted by Crippen LogP contribution is 2.26. The number of carbonyl (C=O) groups is 2. The Morgan fingerprint density at radius 2 is 1.79 bits per heavy atom. The molecule has 2 aromatic rings. The van der Waals surface area contributed by atoms with Crippen LogP contribution in [0.2, 0.25) is 0 Å². The molecule has 2 amide bonds. The van der Waals surface area contributed by atoms with Crippen LogP contribution in [-0.4, -0.2) is 68.2 Å². The summed E-state index contributed by atoms with van der Waals surface area (Å²) >= 11 is 1.44. The number of carbonyl (C=O) groups excluding carboxylic acids is 2. The maximum absolute atomic E-state index is 13.1. The van der Waals surface area contributed by atoms with E-state index in [0.717, 1.165) is 29.1 Å². The zero-order valence-corrected chi connectivity index (χ0v) is 21.6. The molecular weight excluding hydrogens is 446 g/mol. The lowest BCUT2D eigenvalue weighted by atomic mass is 9.94. The molecule has 1 aliphatic rings. The van der Waals surface area contributed by atoms with Crippen LogP contribution in [-0.2, 0) is 4.79 Å². The van der Waals surface area contributed by atoms with Crippen LogP contribution in [0.1, 0.15) is 54.1 Å². The highest BCUT2D eigenvalue weighted by molar-refractivity contribution is 8.00. The van der Waals surface area contributed by atoms with Crippen molar-refractivity contribution in [2.75, 3.05) is 40.6 Å². The van der Waals surface area contributed by atoms with Gasteiger partial charge in [-0.25, -0.2) is 0 Å². The number of nitrogens with zero attached hydrogens (tertiary/aromatic N) is 2. The number of hydrogen-bond donors (Lipinski definition) is 1. The fourth-order valence-electron chi connectivity index (χ4n) is 4.43. The van der Waals surface area contributed by atoms with Crippen molar-refractivity contribution in [3.8, 4) is 5.75 Å². The minimum atomic E-state index is -0.133. The van der Waals surface area contributed by atoms with Crippen LogP contribution >= 0.6 is 11.8 Å². The maximum Gasteiger partial charge on any atom is 0.252 e. The van der Waals surface area contributed by atoms with E-state index >= 15 is 0 Å². The van der Waals surface area contributed by atoms with Gasteiger partial charge in [0.2, 0.25) is 5.91 Å². The largest absolute Gasteiger partial charge is 0.497 e. The molecule has 6 nitrogen and oxygen atoms in total. The minimum absolute atomic E-state index is 0.00425. The van der Waals surface area contributed by atoms with Crippen molar-refractivity contribution in [3.63, 3.8) is 0 Å². The van der Waals surface area contributed by atoms with Gasteiger partial charge < -0.3 is 19.9 Å². The average molecular weight is 484 g/mol. The van der Waals surface area contributed by atoms with Gasteiger partial charge in [0.15, 0.2) is 0 Å². The van der Waals surface area contributed by atoms with Crippen molar-refractivity contribution < 1.29 is 14.3 Å². The molecule has 1 unspecified atom stereocenters. The van der Waals surface area contributed by atoms with Crippen molar-refractivity contribution in [1.82, 2.24) is 15.1 Å². The van der Waals surface area contributed by atoms with Gasteiger partial charge in [-0.3, -0.25) is 9.59 Å². The molecule has 1 N–H and O–H groups in total. The molecule has 0 saturated heterocycles. The summed E-state index contributed by atoms with van der Waals surface area (Å²) in [6, 6.07) is 15.8. The van der Waals surface area contributed by atoms with E-state index in [2.05, 4.69) is 10.2 Å². The Labute approximate surface area is 208 Å². The predicted octanol–water partition coefficient (Wildman–Crippen LogP) is 4.61. The molecular formula is C27H37N3O3S. The van der Waals surface area contributed by atoms with Gasteiger partial charge in [0, 0.05) is 24.5 Å². The first kappa shape index (κ1) is 26.1. The topological polar surface area (TPSA) is 61.9 Å². The molecule has 1 fully saturated rings. The standard InChI is InChI=1S/C27H37N3O3S/c1-29(2)24(20-11-10-14-22(17-20)33-4)18-28-27(32)23-15-8-9-16-25(23)34-19-26(31)30(3)21-12-6-5-7-13-21/h8-11,14-17,21,24H,5-7,12-13,18-19H2,1-4H3,(H,28,32). The third kappa shape index (κ3) is 7.00. The third-order valence-electron chi connectivity index (χ3n) is 6.56. The monoisotopic (exact) mass is 483 g/mol. The fraction of sp³-hybridized carbons (Fsp3) is 0.481. The number of ether oxygens (including phenoxy) is 1. The molecule has 0 aromatic heterocycles. The van der Waals surface area contributed by atoms with E-state index < -0.39 is 0 Å². The summed E-state index contributed by atoms with van der Waals surface area (Å²) in [5.41, 5.74) is 1.67. The molecule has 1 saturated carbocycles. The molecule has 3 rings (SSSR count). The number of thioether (sulfide) groups is 1. The predicted molar refractivity (Wildman–Crippen MR) is 139 cm³/mol. The van der Waals surface area contributed by atoms with Gasteiger partial charge in [-0.1, -0.05) is 43.5 Å². The molecule has 1 aliphatic carbocycles. The SMILES string of the molecule is COc1cccc(C(CNC(=O)c2ccccc2SCC(=O)N(C)C2CCCCC2)N(C)C)c1. The molecule has 184 valence electrons. The Bertz CT molecular complexity index is 960. The number of rotatable bonds is 10. The lowest BCUT2D eigenvalue weighted by molar-refractivity contribution is -0.129. The van der Waals surface area contributed by atoms with Crippen LogP contribution in [0.3, 0.4) is 0 Å². The van der Waals surface area contributed by atoms with Crippen molar-refractivity contribution in [1.29, 1.82) is 0 Å². The third-order valence-corrected chi connectivity index (χ3v) is 7.61. The Morgan fingerprint density at radius 1 is 1.06 bits per heavy atom. The van der Waals surface area contributed by atoms with E-state index in [-0.39, 0.29) is 17.9 Å². The summed E-state index contributed by atoms with van der Waals surface area (Å²) in [5, 5.41) is 3.09. The number of benzene rings is 2. The second-order valence-corrected chi connectivity index (χ2v) is 10.1. The highest BCUT2D eigenvalue weighted by Gasteiger charge is 2.23. The quantitative estimate of drug-likeness (QED) is 0.500. The molecule has 0 bridgehead atoms. The van der Waals surface area contributed by atoms with Crippen LogP contribution in [0.5, 0.6) is 5.75 Å². The first-order valence-corrected chi connectivity index (χ1v) is 12.9. The van der Waals surface area contributed by atoms with Gasteiger partial charge >= 0.3 is 0 Å². The van der Waals surface area contributed by atoms with Gasteiger partial charge in [0.1, 0.15) is 5.75 Å². The summed E-state index contributed by atoms with van der Waals surface area (Å²) in [7, 11) is 7.55. The Morgan fingerprint density at radius 3 is 2.50 bits per heavy atom. The second kappa shape index (κ2) is 12.8. The van der Waals surface area contributed by atoms with E-state index in [1.165, 1.54) is 31.0 Å². The smallest absolute Gasteiger partial charge is 0.252 e. The Kier molecular flexibility index (Phi) is 9.84. The number of hydrogen-bond acceptors (Lipinski definition) is 5. The van der Waals surface area contributed by atoms with Gasteiger partial charge in [0.05, 0.1) is 24.5 Å². The van der Waals surface area contributed by atoms with Gasteiger partial charge in [-0.2, -0.15) is 0 Å². The van der Waals surface area contributed by atoms with Gasteiger partial charge in [-0.05, 0) is 56.8 Å². The molecule has 0 heterocycles. The molecule has 0 aliphatic heterocycles. The van der Waals surface area contributed by atoms with E-state index in [0.29, 0.717) is 23.9 Å². The molecule has 0 radical (unpaired) electrons. The molecule has 0 spiro atoms. The summed E-state index contributed by atoms with van der Waals surface area (Å²) in [5.74, 6) is 1.12. The van der Waals surface area contributed by atoms with E-state index in [1.54, 1.807) is 7.11 Å². The van der Waals surface area contributed by atoms with Crippen molar-refractivity contribution >= 4 is 23.6 Å². The first-order chi connectivity index (χ1) is 16.4. The summed E-state index contributed by atoms with van der Waals surface area (Å²) in [6.07, 6.45) is 5.84. The van der Waals surface area contributed by atoms with E-state index in [9.17, 15) is 9.59 Å².